The number of ether oxygens (including phenoxy) is 1. The summed E-state index contributed by atoms with van der Waals surface area (Å²) in [4.78, 5) is 11.9. The molecule has 2 N–H and O–H groups in total. The molecule has 2 aromatic rings. The summed E-state index contributed by atoms with van der Waals surface area (Å²) in [6, 6.07) is 3.43. The Morgan fingerprint density at radius 2 is 2.28 bits per heavy atom. The highest BCUT2D eigenvalue weighted by Gasteiger charge is 2.12. The van der Waals surface area contributed by atoms with Crippen LogP contribution in [0.3, 0.4) is 0 Å². The Balaban J connectivity index is 2.28. The van der Waals surface area contributed by atoms with Gasteiger partial charge in [-0.1, -0.05) is 11.6 Å². The van der Waals surface area contributed by atoms with E-state index in [2.05, 4.69) is 15.5 Å². The number of nitrogens with one attached hydrogen (secondary N) is 2. The standard InChI is InChI=1S/C12H12ClN3O2/c1-7-3-10(11(18-2)4-9(7)13)16-12(17)8-5-14-15-6-8/h3-6H,1-2H3,(H,14,15)(H,16,17). The van der Waals surface area contributed by atoms with Gasteiger partial charge in [0.25, 0.3) is 5.91 Å². The van der Waals surface area contributed by atoms with Crippen molar-refractivity contribution in [1.29, 1.82) is 0 Å². The lowest BCUT2D eigenvalue weighted by molar-refractivity contribution is 0.102. The van der Waals surface area contributed by atoms with Gasteiger partial charge in [0.15, 0.2) is 0 Å². The van der Waals surface area contributed by atoms with E-state index in [1.54, 1.807) is 12.1 Å². The van der Waals surface area contributed by atoms with Crippen LogP contribution in [0.5, 0.6) is 5.75 Å². The van der Waals surface area contributed by atoms with E-state index < -0.39 is 0 Å². The number of benzene rings is 1. The van der Waals surface area contributed by atoms with Crippen LogP contribution in [-0.4, -0.2) is 23.2 Å². The lowest BCUT2D eigenvalue weighted by Gasteiger charge is -2.11. The Bertz CT molecular complexity index is 567. The van der Waals surface area contributed by atoms with Gasteiger partial charge in [-0.2, -0.15) is 5.10 Å². The molecule has 1 heterocycles. The smallest absolute Gasteiger partial charge is 0.258 e. The zero-order valence-electron chi connectivity index (χ0n) is 9.95. The molecule has 2 rings (SSSR count). The summed E-state index contributed by atoms with van der Waals surface area (Å²) < 4.78 is 5.18. The number of H-pyrrole nitrogens is 1. The van der Waals surface area contributed by atoms with Crippen molar-refractivity contribution in [2.75, 3.05) is 12.4 Å². The van der Waals surface area contributed by atoms with Crippen molar-refractivity contribution in [3.63, 3.8) is 0 Å². The first-order chi connectivity index (χ1) is 8.61. The molecule has 0 unspecified atom stereocenters. The van der Waals surface area contributed by atoms with Crippen LogP contribution >= 0.6 is 11.6 Å². The summed E-state index contributed by atoms with van der Waals surface area (Å²) in [6.45, 7) is 1.86. The maximum atomic E-state index is 11.9. The molecule has 0 aliphatic rings. The van der Waals surface area contributed by atoms with Crippen molar-refractivity contribution in [3.8, 4) is 5.75 Å². The number of hydrogen-bond donors (Lipinski definition) is 2. The fourth-order valence-corrected chi connectivity index (χ4v) is 1.65. The third kappa shape index (κ3) is 2.46. The minimum absolute atomic E-state index is 0.260. The van der Waals surface area contributed by atoms with Crippen molar-refractivity contribution < 1.29 is 9.53 Å². The second kappa shape index (κ2) is 5.10. The molecule has 0 radical (unpaired) electrons. The number of aryl methyl sites for hydroxylation is 1. The minimum atomic E-state index is -0.260. The van der Waals surface area contributed by atoms with Crippen LogP contribution in [0.15, 0.2) is 24.5 Å². The molecule has 0 aliphatic carbocycles. The largest absolute Gasteiger partial charge is 0.495 e. The number of methoxy groups -OCH3 is 1. The first-order valence-corrected chi connectivity index (χ1v) is 5.64. The van der Waals surface area contributed by atoms with E-state index in [1.807, 2.05) is 6.92 Å². The number of carbonyl (C=O) groups excluding carboxylic acids is 1. The zero-order valence-corrected chi connectivity index (χ0v) is 10.7. The Morgan fingerprint density at radius 3 is 2.89 bits per heavy atom. The van der Waals surface area contributed by atoms with E-state index >= 15 is 0 Å². The molecule has 94 valence electrons. The molecule has 0 spiro atoms. The maximum Gasteiger partial charge on any atom is 0.258 e. The predicted molar refractivity (Wildman–Crippen MR) is 69.3 cm³/mol. The number of halogens is 1. The van der Waals surface area contributed by atoms with E-state index in [0.717, 1.165) is 5.56 Å². The molecule has 1 amide bonds. The Labute approximate surface area is 109 Å². The second-order valence-electron chi connectivity index (χ2n) is 3.74. The first kappa shape index (κ1) is 12.4. The van der Waals surface area contributed by atoms with Crippen molar-refractivity contribution >= 4 is 23.2 Å². The molecule has 0 saturated carbocycles. The molecule has 18 heavy (non-hydrogen) atoms. The van der Waals surface area contributed by atoms with Gasteiger partial charge >= 0.3 is 0 Å². The van der Waals surface area contributed by atoms with Crippen LogP contribution in [0.4, 0.5) is 5.69 Å². The van der Waals surface area contributed by atoms with Gasteiger partial charge in [0.2, 0.25) is 0 Å². The molecular weight excluding hydrogens is 254 g/mol. The topological polar surface area (TPSA) is 67.0 Å². The van der Waals surface area contributed by atoms with Gasteiger partial charge in [0.1, 0.15) is 5.75 Å². The lowest BCUT2D eigenvalue weighted by atomic mass is 10.2. The summed E-state index contributed by atoms with van der Waals surface area (Å²) in [5.41, 5.74) is 1.88. The van der Waals surface area contributed by atoms with Gasteiger partial charge in [0, 0.05) is 17.3 Å². The molecule has 5 nitrogen and oxygen atoms in total. The fraction of sp³-hybridized carbons (Fsp3) is 0.167. The number of anilines is 1. The second-order valence-corrected chi connectivity index (χ2v) is 4.15. The average Bonchev–Trinajstić information content (AvgIpc) is 2.87. The van der Waals surface area contributed by atoms with E-state index in [0.29, 0.717) is 22.0 Å². The Hall–Kier alpha value is -2.01. The minimum Gasteiger partial charge on any atom is -0.495 e. The van der Waals surface area contributed by atoms with Gasteiger partial charge in [-0.25, -0.2) is 0 Å². The number of aromatic amines is 1. The van der Waals surface area contributed by atoms with Gasteiger partial charge in [0.05, 0.1) is 24.6 Å². The van der Waals surface area contributed by atoms with Gasteiger partial charge in [-0.3, -0.25) is 9.89 Å². The normalized spacial score (nSPS) is 10.2. The van der Waals surface area contributed by atoms with Crippen LogP contribution in [0.1, 0.15) is 15.9 Å². The van der Waals surface area contributed by atoms with Crippen LogP contribution < -0.4 is 10.1 Å². The molecule has 0 atom stereocenters. The molecule has 0 fully saturated rings. The van der Waals surface area contributed by atoms with Crippen molar-refractivity contribution in [2.24, 2.45) is 0 Å². The van der Waals surface area contributed by atoms with Gasteiger partial charge in [-0.15, -0.1) is 0 Å². The highest BCUT2D eigenvalue weighted by molar-refractivity contribution is 6.31. The quantitative estimate of drug-likeness (QED) is 0.896. The first-order valence-electron chi connectivity index (χ1n) is 5.26. The third-order valence-electron chi connectivity index (χ3n) is 2.49. The summed E-state index contributed by atoms with van der Waals surface area (Å²) >= 11 is 5.99. The monoisotopic (exact) mass is 265 g/mol. The lowest BCUT2D eigenvalue weighted by Crippen LogP contribution is -2.12. The molecule has 1 aromatic carbocycles. The summed E-state index contributed by atoms with van der Waals surface area (Å²) in [5, 5.41) is 9.64. The molecular formula is C12H12ClN3O2. The van der Waals surface area contributed by atoms with Crippen LogP contribution in [0.25, 0.3) is 0 Å². The Kier molecular flexibility index (Phi) is 3.53. The molecule has 0 saturated heterocycles. The summed E-state index contributed by atoms with van der Waals surface area (Å²) in [7, 11) is 1.52. The molecule has 0 aliphatic heterocycles. The van der Waals surface area contributed by atoms with Gasteiger partial charge in [-0.05, 0) is 18.6 Å². The van der Waals surface area contributed by atoms with Gasteiger partial charge < -0.3 is 10.1 Å². The van der Waals surface area contributed by atoms with Crippen molar-refractivity contribution in [1.82, 2.24) is 10.2 Å². The number of aromatic nitrogens is 2. The number of nitrogens with zero attached hydrogens (tertiary/aromatic N) is 1. The number of carbonyl (C=O) groups is 1. The predicted octanol–water partition coefficient (Wildman–Crippen LogP) is 2.63. The fourth-order valence-electron chi connectivity index (χ4n) is 1.50. The number of hydrogen-bond acceptors (Lipinski definition) is 3. The van der Waals surface area contributed by atoms with E-state index in [4.69, 9.17) is 16.3 Å². The third-order valence-corrected chi connectivity index (χ3v) is 2.90. The van der Waals surface area contributed by atoms with E-state index in [-0.39, 0.29) is 5.91 Å². The van der Waals surface area contributed by atoms with Crippen LogP contribution in [-0.2, 0) is 0 Å². The summed E-state index contributed by atoms with van der Waals surface area (Å²) in [5.74, 6) is 0.256. The summed E-state index contributed by atoms with van der Waals surface area (Å²) in [6.07, 6.45) is 2.97. The van der Waals surface area contributed by atoms with E-state index in [9.17, 15) is 4.79 Å². The van der Waals surface area contributed by atoms with E-state index in [1.165, 1.54) is 19.5 Å². The zero-order chi connectivity index (χ0) is 13.1. The molecule has 1 aromatic heterocycles. The molecule has 0 bridgehead atoms. The van der Waals surface area contributed by atoms with Crippen LogP contribution in [0, 0.1) is 6.92 Å². The molecule has 6 heteroatoms. The van der Waals surface area contributed by atoms with Crippen LogP contribution in [0.2, 0.25) is 5.02 Å². The highest BCUT2D eigenvalue weighted by Crippen LogP contribution is 2.31. The SMILES string of the molecule is COc1cc(Cl)c(C)cc1NC(=O)c1cn[nH]c1. The number of rotatable bonds is 3. The van der Waals surface area contributed by atoms with Crippen molar-refractivity contribution in [2.45, 2.75) is 6.92 Å². The highest BCUT2D eigenvalue weighted by atomic mass is 35.5. The van der Waals surface area contributed by atoms with Crippen molar-refractivity contribution in [3.05, 3.63) is 40.7 Å². The number of amides is 1. The Morgan fingerprint density at radius 1 is 1.50 bits per heavy atom. The average molecular weight is 266 g/mol. The maximum absolute atomic E-state index is 11.9.